The third kappa shape index (κ3) is 4.52. The molecule has 2 aliphatic heterocycles. The highest BCUT2D eigenvalue weighted by molar-refractivity contribution is 5.15. The topological polar surface area (TPSA) is 31.4 Å². The Kier molecular flexibility index (Phi) is 6.43. The van der Waals surface area contributed by atoms with Crippen molar-refractivity contribution >= 4 is 0 Å². The van der Waals surface area contributed by atoms with Gasteiger partial charge in [0, 0.05) is 50.7 Å². The number of nitrogens with one attached hydrogen (secondary N) is 1. The molecule has 0 bridgehead atoms. The van der Waals surface area contributed by atoms with Crippen LogP contribution in [0.4, 0.5) is 0 Å². The second kappa shape index (κ2) is 8.76. The smallest absolute Gasteiger partial charge is 0.0494 e. The van der Waals surface area contributed by atoms with Crippen molar-refractivity contribution in [1.82, 2.24) is 20.1 Å². The normalized spacial score (nSPS) is 25.9. The maximum absolute atomic E-state index is 4.40. The van der Waals surface area contributed by atoms with Crippen molar-refractivity contribution in [2.75, 3.05) is 39.3 Å². The summed E-state index contributed by atoms with van der Waals surface area (Å²) < 4.78 is 0. The summed E-state index contributed by atoms with van der Waals surface area (Å²) in [5, 5.41) is 3.56. The fraction of sp³-hybridized carbons (Fsp3) is 0.737. The molecule has 4 nitrogen and oxygen atoms in total. The van der Waals surface area contributed by atoms with Gasteiger partial charge in [0.05, 0.1) is 0 Å². The summed E-state index contributed by atoms with van der Waals surface area (Å²) in [6.07, 6.45) is 10.7. The van der Waals surface area contributed by atoms with E-state index in [1.54, 1.807) is 0 Å². The Balaban J connectivity index is 1.78. The molecule has 2 fully saturated rings. The molecule has 0 aliphatic carbocycles. The first-order chi connectivity index (χ1) is 11.4. The quantitative estimate of drug-likeness (QED) is 0.905. The zero-order valence-corrected chi connectivity index (χ0v) is 14.6. The first kappa shape index (κ1) is 16.9. The van der Waals surface area contributed by atoms with Gasteiger partial charge in [0.2, 0.25) is 0 Å². The molecule has 23 heavy (non-hydrogen) atoms. The van der Waals surface area contributed by atoms with Gasteiger partial charge in [-0.3, -0.25) is 9.88 Å². The molecule has 4 heteroatoms. The zero-order valence-electron chi connectivity index (χ0n) is 14.6. The van der Waals surface area contributed by atoms with Crippen LogP contribution in [-0.4, -0.2) is 60.1 Å². The highest BCUT2D eigenvalue weighted by Gasteiger charge is 2.30. The molecule has 1 aromatic rings. The van der Waals surface area contributed by atoms with Crippen LogP contribution in [0.5, 0.6) is 0 Å². The molecular formula is C19H32N4. The summed E-state index contributed by atoms with van der Waals surface area (Å²) in [5.74, 6) is 0. The highest BCUT2D eigenvalue weighted by Crippen LogP contribution is 2.26. The van der Waals surface area contributed by atoms with Crippen LogP contribution in [0.2, 0.25) is 0 Å². The van der Waals surface area contributed by atoms with Crippen molar-refractivity contribution in [3.8, 4) is 0 Å². The molecule has 1 aromatic heterocycles. The van der Waals surface area contributed by atoms with Gasteiger partial charge in [0.25, 0.3) is 0 Å². The van der Waals surface area contributed by atoms with Crippen LogP contribution in [0.3, 0.4) is 0 Å². The van der Waals surface area contributed by atoms with Gasteiger partial charge in [0.15, 0.2) is 0 Å². The molecule has 2 aliphatic rings. The van der Waals surface area contributed by atoms with Gasteiger partial charge in [-0.15, -0.1) is 0 Å². The Bertz CT molecular complexity index is 442. The molecule has 2 saturated heterocycles. The molecule has 0 saturated carbocycles. The van der Waals surface area contributed by atoms with Crippen LogP contribution in [0.1, 0.15) is 50.6 Å². The zero-order chi connectivity index (χ0) is 15.9. The average molecular weight is 316 g/mol. The van der Waals surface area contributed by atoms with Gasteiger partial charge in [-0.1, -0.05) is 25.8 Å². The summed E-state index contributed by atoms with van der Waals surface area (Å²) >= 11 is 0. The van der Waals surface area contributed by atoms with Gasteiger partial charge in [-0.2, -0.15) is 0 Å². The van der Waals surface area contributed by atoms with Crippen molar-refractivity contribution in [3.05, 3.63) is 30.1 Å². The number of piperazine rings is 1. The number of hydrogen-bond acceptors (Lipinski definition) is 4. The standard InChI is InChI=1S/C19H32N4/c1-2-18-15-21-10-13-23(18)19(17-8-7-9-20-14-17)16-22-11-5-3-4-6-12-22/h7-9,14,18-19,21H,2-6,10-13,15-16H2,1H3. The molecule has 2 atom stereocenters. The van der Waals surface area contributed by atoms with Gasteiger partial charge in [-0.05, 0) is 44.0 Å². The summed E-state index contributed by atoms with van der Waals surface area (Å²) in [4.78, 5) is 9.83. The summed E-state index contributed by atoms with van der Waals surface area (Å²) in [5.41, 5.74) is 1.39. The lowest BCUT2D eigenvalue weighted by molar-refractivity contribution is 0.0747. The van der Waals surface area contributed by atoms with Gasteiger partial charge >= 0.3 is 0 Å². The third-order valence-electron chi connectivity index (χ3n) is 5.47. The lowest BCUT2D eigenvalue weighted by atomic mass is 10.0. The summed E-state index contributed by atoms with van der Waals surface area (Å²) in [7, 11) is 0. The van der Waals surface area contributed by atoms with E-state index in [1.807, 2.05) is 6.20 Å². The van der Waals surface area contributed by atoms with E-state index in [0.717, 1.165) is 26.2 Å². The number of pyridine rings is 1. The summed E-state index contributed by atoms with van der Waals surface area (Å²) in [6, 6.07) is 5.48. The van der Waals surface area contributed by atoms with Crippen LogP contribution in [0.15, 0.2) is 24.5 Å². The van der Waals surface area contributed by atoms with Crippen LogP contribution in [-0.2, 0) is 0 Å². The fourth-order valence-corrected chi connectivity index (χ4v) is 4.10. The number of aromatic nitrogens is 1. The second-order valence-corrected chi connectivity index (χ2v) is 7.02. The molecule has 0 radical (unpaired) electrons. The Labute approximate surface area is 141 Å². The Morgan fingerprint density at radius 3 is 2.74 bits per heavy atom. The minimum Gasteiger partial charge on any atom is -0.314 e. The third-order valence-corrected chi connectivity index (χ3v) is 5.47. The fourth-order valence-electron chi connectivity index (χ4n) is 4.10. The Morgan fingerprint density at radius 1 is 1.22 bits per heavy atom. The van der Waals surface area contributed by atoms with E-state index in [4.69, 9.17) is 0 Å². The minimum absolute atomic E-state index is 0.480. The van der Waals surface area contributed by atoms with Gasteiger partial charge in [-0.25, -0.2) is 0 Å². The maximum Gasteiger partial charge on any atom is 0.0494 e. The molecule has 0 aromatic carbocycles. The van der Waals surface area contributed by atoms with Crippen LogP contribution >= 0.6 is 0 Å². The molecule has 3 rings (SSSR count). The monoisotopic (exact) mass is 316 g/mol. The van der Waals surface area contributed by atoms with Crippen molar-refractivity contribution in [3.63, 3.8) is 0 Å². The van der Waals surface area contributed by atoms with E-state index in [9.17, 15) is 0 Å². The first-order valence-electron chi connectivity index (χ1n) is 9.47. The van der Waals surface area contributed by atoms with E-state index in [0.29, 0.717) is 12.1 Å². The Morgan fingerprint density at radius 2 is 2.04 bits per heavy atom. The predicted octanol–water partition coefficient (Wildman–Crippen LogP) is 2.68. The lowest BCUT2D eigenvalue weighted by Crippen LogP contribution is -2.54. The molecule has 3 heterocycles. The molecular weight excluding hydrogens is 284 g/mol. The van der Waals surface area contributed by atoms with Gasteiger partial charge in [0.1, 0.15) is 0 Å². The molecule has 0 spiro atoms. The lowest BCUT2D eigenvalue weighted by Gasteiger charge is -2.43. The van der Waals surface area contributed by atoms with Crippen molar-refractivity contribution in [1.29, 1.82) is 0 Å². The maximum atomic E-state index is 4.40. The van der Waals surface area contributed by atoms with Crippen molar-refractivity contribution in [2.45, 2.75) is 51.1 Å². The Hall–Kier alpha value is -0.970. The number of nitrogens with zero attached hydrogens (tertiary/aromatic N) is 3. The van der Waals surface area contributed by atoms with Crippen molar-refractivity contribution < 1.29 is 0 Å². The molecule has 1 N–H and O–H groups in total. The average Bonchev–Trinajstić information content (AvgIpc) is 2.89. The number of hydrogen-bond donors (Lipinski definition) is 1. The highest BCUT2D eigenvalue weighted by atomic mass is 15.3. The largest absolute Gasteiger partial charge is 0.314 e. The van der Waals surface area contributed by atoms with E-state index in [1.165, 1.54) is 50.8 Å². The van der Waals surface area contributed by atoms with E-state index in [2.05, 4.69) is 45.4 Å². The van der Waals surface area contributed by atoms with E-state index in [-0.39, 0.29) is 0 Å². The minimum atomic E-state index is 0.480. The van der Waals surface area contributed by atoms with E-state index >= 15 is 0 Å². The van der Waals surface area contributed by atoms with E-state index < -0.39 is 0 Å². The number of rotatable bonds is 5. The predicted molar refractivity (Wildman–Crippen MR) is 95.5 cm³/mol. The first-order valence-corrected chi connectivity index (χ1v) is 9.47. The van der Waals surface area contributed by atoms with Gasteiger partial charge < -0.3 is 10.2 Å². The molecule has 128 valence electrons. The van der Waals surface area contributed by atoms with Crippen molar-refractivity contribution in [2.24, 2.45) is 0 Å². The number of likely N-dealkylation sites (tertiary alicyclic amines) is 1. The molecule has 2 unspecified atom stereocenters. The second-order valence-electron chi connectivity index (χ2n) is 7.02. The van der Waals surface area contributed by atoms with Crippen LogP contribution in [0.25, 0.3) is 0 Å². The summed E-state index contributed by atoms with van der Waals surface area (Å²) in [6.45, 7) is 9.37. The SMILES string of the molecule is CCC1CNCCN1C(CN1CCCCCC1)c1cccnc1. The molecule has 0 amide bonds. The van der Waals surface area contributed by atoms with Crippen LogP contribution < -0.4 is 5.32 Å². The van der Waals surface area contributed by atoms with Crippen LogP contribution in [0, 0.1) is 0 Å².